The van der Waals surface area contributed by atoms with E-state index < -0.39 is 45.1 Å². The number of sulfonamides is 1. The number of aromatic carboxylic acids is 1. The van der Waals surface area contributed by atoms with Crippen LogP contribution in [0.2, 0.25) is 0 Å². The first-order valence-electron chi connectivity index (χ1n) is 17.8. The molecule has 4 aromatic rings. The Morgan fingerprint density at radius 2 is 1.62 bits per heavy atom. The molecule has 0 saturated carbocycles. The summed E-state index contributed by atoms with van der Waals surface area (Å²) in [6, 6.07) is 11.3. The van der Waals surface area contributed by atoms with Gasteiger partial charge in [-0.25, -0.2) is 27.5 Å². The molecule has 5 N–H and O–H groups in total. The van der Waals surface area contributed by atoms with Gasteiger partial charge in [0.05, 0.1) is 22.7 Å². The lowest BCUT2D eigenvalue weighted by Crippen LogP contribution is -2.47. The van der Waals surface area contributed by atoms with Gasteiger partial charge in [0.2, 0.25) is 10.0 Å². The SMILES string of the molecule is CC(C)[C@@H](NS(=O)(=O)c1ccc(CN)cc1)C(=O)OC(C)(C)C.Cc1c(C(=O)OC(C)(C)C)ccc2c1CC[C@@H]2NC(=O)c1cc(C(=O)O)nc2ccnn12. The number of ether oxygens (including phenoxy) is 2. The molecule has 0 radical (unpaired) electrons. The minimum absolute atomic E-state index is 0.0870. The van der Waals surface area contributed by atoms with Gasteiger partial charge >= 0.3 is 17.9 Å². The fourth-order valence-electron chi connectivity index (χ4n) is 5.86. The van der Waals surface area contributed by atoms with E-state index in [1.165, 1.54) is 35.0 Å². The highest BCUT2D eigenvalue weighted by Gasteiger charge is 2.33. The van der Waals surface area contributed by atoms with E-state index in [1.54, 1.807) is 52.8 Å². The van der Waals surface area contributed by atoms with Gasteiger partial charge in [-0.3, -0.25) is 9.59 Å². The first kappa shape index (κ1) is 42.6. The van der Waals surface area contributed by atoms with Crippen LogP contribution in [0, 0.1) is 12.8 Å². The summed E-state index contributed by atoms with van der Waals surface area (Å²) in [5.41, 5.74) is 8.52. The Bertz CT molecular complexity index is 2180. The van der Waals surface area contributed by atoms with Crippen LogP contribution < -0.4 is 15.8 Å². The Labute approximate surface area is 321 Å². The van der Waals surface area contributed by atoms with Gasteiger partial charge in [0.25, 0.3) is 5.91 Å². The van der Waals surface area contributed by atoms with Gasteiger partial charge in [0.15, 0.2) is 11.3 Å². The molecule has 2 aromatic heterocycles. The maximum Gasteiger partial charge on any atom is 0.354 e. The van der Waals surface area contributed by atoms with E-state index in [-0.39, 0.29) is 39.9 Å². The quantitative estimate of drug-likeness (QED) is 0.158. The molecule has 2 heterocycles. The number of carbonyl (C=O) groups excluding carboxylic acids is 3. The number of hydrogen-bond donors (Lipinski definition) is 4. The summed E-state index contributed by atoms with van der Waals surface area (Å²) in [5, 5.41) is 16.4. The number of aromatic nitrogens is 3. The maximum absolute atomic E-state index is 13.0. The molecule has 15 nitrogen and oxygen atoms in total. The molecule has 5 rings (SSSR count). The summed E-state index contributed by atoms with van der Waals surface area (Å²) in [6.07, 6.45) is 2.83. The second-order valence-electron chi connectivity index (χ2n) is 15.5. The van der Waals surface area contributed by atoms with Crippen molar-refractivity contribution in [3.8, 4) is 0 Å². The standard InChI is InChI=1S/C23H24N4O5.C16H26N2O4S/c1-12-13-7-8-16(15(13)6-5-14(12)22(31)32-23(2,3)4)26-20(28)18-11-17(21(29)30)25-19-9-10-24-27(18)19;1-11(2)14(15(19)22-16(3,4)5)18-23(20,21)13-8-6-12(10-17)7-9-13/h5-6,9-11,16H,7-8H2,1-4H3,(H,26,28)(H,29,30);6-9,11,14,18H,10,17H2,1-5H3/t16-;14-/m01/s1. The minimum atomic E-state index is -3.82. The Hall–Kier alpha value is -5.19. The summed E-state index contributed by atoms with van der Waals surface area (Å²) in [5.74, 6) is -2.88. The monoisotopic (exact) mass is 778 g/mol. The zero-order valence-corrected chi connectivity index (χ0v) is 33.4. The van der Waals surface area contributed by atoms with Crippen LogP contribution in [0.4, 0.5) is 0 Å². The molecule has 0 unspecified atom stereocenters. The fourth-order valence-corrected chi connectivity index (χ4v) is 7.20. The smallest absolute Gasteiger partial charge is 0.354 e. The molecule has 55 heavy (non-hydrogen) atoms. The largest absolute Gasteiger partial charge is 0.477 e. The van der Waals surface area contributed by atoms with Crippen LogP contribution in [-0.2, 0) is 37.3 Å². The molecule has 1 amide bonds. The lowest BCUT2D eigenvalue weighted by molar-refractivity contribution is -0.158. The Morgan fingerprint density at radius 1 is 0.982 bits per heavy atom. The zero-order chi connectivity index (χ0) is 41.0. The molecular formula is C39H50N6O9S. The molecule has 2 atom stereocenters. The molecule has 0 fully saturated rings. The fraction of sp³-hybridized carbons (Fsp3) is 0.436. The number of carboxylic acid groups (broad SMARTS) is 1. The van der Waals surface area contributed by atoms with Crippen LogP contribution in [0.1, 0.15) is 121 Å². The predicted octanol–water partition coefficient (Wildman–Crippen LogP) is 4.90. The predicted molar refractivity (Wildman–Crippen MR) is 204 cm³/mol. The van der Waals surface area contributed by atoms with Crippen molar-refractivity contribution in [2.24, 2.45) is 11.7 Å². The summed E-state index contributed by atoms with van der Waals surface area (Å²) >= 11 is 0. The summed E-state index contributed by atoms with van der Waals surface area (Å²) < 4.78 is 39.5. The first-order valence-corrected chi connectivity index (χ1v) is 19.3. The molecular weight excluding hydrogens is 729 g/mol. The van der Waals surface area contributed by atoms with Crippen molar-refractivity contribution in [2.45, 2.75) is 110 Å². The second-order valence-corrected chi connectivity index (χ2v) is 17.2. The van der Waals surface area contributed by atoms with Crippen LogP contribution >= 0.6 is 0 Å². The number of hydrogen-bond acceptors (Lipinski definition) is 11. The van der Waals surface area contributed by atoms with Gasteiger partial charge in [0.1, 0.15) is 22.9 Å². The Kier molecular flexibility index (Phi) is 12.9. The average molecular weight is 779 g/mol. The Balaban J connectivity index is 0.000000260. The van der Waals surface area contributed by atoms with E-state index in [0.717, 1.165) is 22.3 Å². The van der Waals surface area contributed by atoms with E-state index in [0.29, 0.717) is 24.9 Å². The van der Waals surface area contributed by atoms with Gasteiger partial charge < -0.3 is 25.6 Å². The molecule has 1 aliphatic carbocycles. The third-order valence-electron chi connectivity index (χ3n) is 8.51. The number of nitrogens with two attached hydrogens (primary N) is 1. The number of rotatable bonds is 10. The molecule has 2 aromatic carbocycles. The highest BCUT2D eigenvalue weighted by Crippen LogP contribution is 2.35. The van der Waals surface area contributed by atoms with Gasteiger partial charge in [-0.15, -0.1) is 0 Å². The molecule has 296 valence electrons. The topological polar surface area (TPSA) is 221 Å². The van der Waals surface area contributed by atoms with Gasteiger partial charge in [-0.1, -0.05) is 32.0 Å². The highest BCUT2D eigenvalue weighted by atomic mass is 32.2. The van der Waals surface area contributed by atoms with Gasteiger partial charge in [-0.2, -0.15) is 9.82 Å². The van der Waals surface area contributed by atoms with E-state index in [9.17, 15) is 32.7 Å². The summed E-state index contributed by atoms with van der Waals surface area (Å²) in [7, 11) is -3.82. The van der Waals surface area contributed by atoms with Gasteiger partial charge in [0, 0.05) is 18.7 Å². The summed E-state index contributed by atoms with van der Waals surface area (Å²) in [6.45, 7) is 16.4. The lowest BCUT2D eigenvalue weighted by Gasteiger charge is -2.26. The van der Waals surface area contributed by atoms with Gasteiger partial charge in [-0.05, 0) is 108 Å². The van der Waals surface area contributed by atoms with Crippen LogP contribution in [-0.4, -0.2) is 69.2 Å². The molecule has 0 aliphatic heterocycles. The van der Waals surface area contributed by atoms with Crippen molar-refractivity contribution in [1.29, 1.82) is 0 Å². The number of esters is 2. The van der Waals surface area contributed by atoms with Crippen LogP contribution in [0.3, 0.4) is 0 Å². The maximum atomic E-state index is 13.0. The third-order valence-corrected chi connectivity index (χ3v) is 9.96. The lowest BCUT2D eigenvalue weighted by atomic mass is 9.97. The molecule has 16 heteroatoms. The van der Waals surface area contributed by atoms with Crippen molar-refractivity contribution < 1.29 is 42.2 Å². The van der Waals surface area contributed by atoms with Crippen molar-refractivity contribution in [3.63, 3.8) is 0 Å². The van der Waals surface area contributed by atoms with Crippen LogP contribution in [0.25, 0.3) is 5.65 Å². The molecule has 0 bridgehead atoms. The number of amides is 1. The number of carbonyl (C=O) groups is 4. The normalized spacial score (nSPS) is 14.8. The number of nitrogens with one attached hydrogen (secondary N) is 2. The number of fused-ring (bicyclic) bond motifs is 2. The number of nitrogens with zero attached hydrogens (tertiary/aromatic N) is 3. The highest BCUT2D eigenvalue weighted by molar-refractivity contribution is 7.89. The van der Waals surface area contributed by atoms with E-state index in [1.807, 2.05) is 33.8 Å². The van der Waals surface area contributed by atoms with Crippen LogP contribution in [0.15, 0.2) is 59.6 Å². The van der Waals surface area contributed by atoms with Crippen molar-refractivity contribution in [1.82, 2.24) is 24.6 Å². The zero-order valence-electron chi connectivity index (χ0n) is 32.6. The average Bonchev–Trinajstić information content (AvgIpc) is 3.73. The Morgan fingerprint density at radius 3 is 2.18 bits per heavy atom. The molecule has 0 saturated heterocycles. The van der Waals surface area contributed by atoms with Crippen molar-refractivity contribution >= 4 is 39.5 Å². The van der Waals surface area contributed by atoms with E-state index >= 15 is 0 Å². The third kappa shape index (κ3) is 10.7. The second kappa shape index (κ2) is 16.7. The van der Waals surface area contributed by atoms with Crippen molar-refractivity contribution in [2.75, 3.05) is 0 Å². The first-order chi connectivity index (χ1) is 25.5. The van der Waals surface area contributed by atoms with E-state index in [4.69, 9.17) is 15.2 Å². The van der Waals surface area contributed by atoms with Crippen LogP contribution in [0.5, 0.6) is 0 Å². The number of carboxylic acids is 1. The van der Waals surface area contributed by atoms with Crippen molar-refractivity contribution in [3.05, 3.63) is 93.9 Å². The minimum Gasteiger partial charge on any atom is -0.477 e. The van der Waals surface area contributed by atoms with E-state index in [2.05, 4.69) is 20.1 Å². The summed E-state index contributed by atoms with van der Waals surface area (Å²) in [4.78, 5) is 53.3. The number of benzene rings is 2. The molecule has 1 aliphatic rings. The molecule has 0 spiro atoms.